The van der Waals surface area contributed by atoms with Gasteiger partial charge in [-0.25, -0.2) is 0 Å². The van der Waals surface area contributed by atoms with Crippen LogP contribution in [-0.4, -0.2) is 53.9 Å². The molecule has 0 aliphatic carbocycles. The van der Waals surface area contributed by atoms with Crippen molar-refractivity contribution in [3.05, 3.63) is 52.5 Å². The number of aromatic nitrogens is 1. The van der Waals surface area contributed by atoms with Gasteiger partial charge in [-0.05, 0) is 50.6 Å². The molecule has 1 aromatic heterocycles. The van der Waals surface area contributed by atoms with Gasteiger partial charge in [-0.2, -0.15) is 10.1 Å². The molecular weight excluding hydrogens is 440 g/mol. The van der Waals surface area contributed by atoms with E-state index in [4.69, 9.17) is 21.4 Å². The third kappa shape index (κ3) is 5.34. The number of amides is 1. The van der Waals surface area contributed by atoms with E-state index in [9.17, 15) is 4.79 Å². The minimum Gasteiger partial charge on any atom is -0.423 e. The molecule has 9 heteroatoms. The van der Waals surface area contributed by atoms with Gasteiger partial charge in [-0.1, -0.05) is 30.7 Å². The molecule has 0 unspecified atom stereocenters. The molecule has 1 atom stereocenters. The van der Waals surface area contributed by atoms with Crippen molar-refractivity contribution >= 4 is 52.7 Å². The average Bonchev–Trinajstić information content (AvgIpc) is 3.09. The molecule has 0 bridgehead atoms. The Morgan fingerprint density at radius 3 is 2.88 bits per heavy atom. The fourth-order valence-corrected chi connectivity index (χ4v) is 3.97. The molecule has 2 heterocycles. The number of nitrogens with zero attached hydrogens (tertiary/aromatic N) is 4. The molecule has 8 nitrogen and oxygen atoms in total. The summed E-state index contributed by atoms with van der Waals surface area (Å²) >= 11 is 6.07. The highest BCUT2D eigenvalue weighted by Crippen LogP contribution is 2.27. The Balaban J connectivity index is 0.00000306. The number of hydrogen-bond donors (Lipinski definition) is 2. The number of carbonyl (C=O) groups excluding carboxylic acids is 1. The number of oxazole rings is 1. The summed E-state index contributed by atoms with van der Waals surface area (Å²) in [7, 11) is 0. The van der Waals surface area contributed by atoms with Crippen LogP contribution < -0.4 is 10.3 Å². The van der Waals surface area contributed by atoms with Crippen LogP contribution in [0.25, 0.3) is 11.1 Å². The Labute approximate surface area is 198 Å². The summed E-state index contributed by atoms with van der Waals surface area (Å²) < 4.78 is 5.93. The van der Waals surface area contributed by atoms with Crippen LogP contribution in [0.1, 0.15) is 36.7 Å². The molecule has 3 aromatic rings. The molecule has 1 aliphatic rings. The van der Waals surface area contributed by atoms with Crippen LogP contribution in [0, 0.1) is 12.3 Å². The first kappa shape index (κ1) is 24.3. The summed E-state index contributed by atoms with van der Waals surface area (Å²) in [5.41, 5.74) is 6.44. The van der Waals surface area contributed by atoms with E-state index < -0.39 is 0 Å². The molecule has 0 radical (unpaired) electrons. The molecular formula is C24H29ClN6O2. The summed E-state index contributed by atoms with van der Waals surface area (Å²) in [5.74, 6) is -0.0556. The highest BCUT2D eigenvalue weighted by Gasteiger charge is 2.28. The van der Waals surface area contributed by atoms with Gasteiger partial charge in [0.2, 0.25) is 0 Å². The highest BCUT2D eigenvalue weighted by atomic mass is 35.5. The maximum absolute atomic E-state index is 13.5. The molecule has 1 amide bonds. The number of aryl methyl sites for hydroxylation is 1. The van der Waals surface area contributed by atoms with Crippen LogP contribution in [-0.2, 0) is 0 Å². The number of hydrazone groups is 1. The fraction of sp³-hybridized carbons (Fsp3) is 0.333. The van der Waals surface area contributed by atoms with Gasteiger partial charge in [0.1, 0.15) is 5.52 Å². The van der Waals surface area contributed by atoms with Crippen molar-refractivity contribution in [3.8, 4) is 0 Å². The number of nitrogens with one attached hydrogen (secondary N) is 2. The second-order valence-electron chi connectivity index (χ2n) is 7.84. The monoisotopic (exact) mass is 468 g/mol. The predicted molar refractivity (Wildman–Crippen MR) is 135 cm³/mol. The molecule has 2 aromatic carbocycles. The third-order valence-corrected chi connectivity index (χ3v) is 5.80. The maximum atomic E-state index is 13.5. The minimum absolute atomic E-state index is 0. The zero-order valence-corrected chi connectivity index (χ0v) is 18.8. The summed E-state index contributed by atoms with van der Waals surface area (Å²) in [6, 6.07) is 11.6. The van der Waals surface area contributed by atoms with Gasteiger partial charge in [-0.15, -0.1) is 0 Å². The Morgan fingerprint density at radius 2 is 2.09 bits per heavy atom. The van der Waals surface area contributed by atoms with Crippen molar-refractivity contribution in [2.24, 2.45) is 5.10 Å². The second-order valence-corrected chi connectivity index (χ2v) is 8.27. The van der Waals surface area contributed by atoms with Gasteiger partial charge in [0.05, 0.1) is 17.5 Å². The molecule has 33 heavy (non-hydrogen) atoms. The maximum Gasteiger partial charge on any atom is 0.298 e. The van der Waals surface area contributed by atoms with Gasteiger partial charge in [-0.3, -0.25) is 10.2 Å². The van der Waals surface area contributed by atoms with Gasteiger partial charge in [0.15, 0.2) is 5.58 Å². The lowest BCUT2D eigenvalue weighted by Crippen LogP contribution is -2.40. The van der Waals surface area contributed by atoms with Crippen molar-refractivity contribution in [1.29, 1.82) is 5.41 Å². The summed E-state index contributed by atoms with van der Waals surface area (Å²) in [5, 5.41) is 11.7. The van der Waals surface area contributed by atoms with E-state index in [1.54, 1.807) is 12.1 Å². The van der Waals surface area contributed by atoms with Gasteiger partial charge in [0.25, 0.3) is 11.9 Å². The van der Waals surface area contributed by atoms with Crippen LogP contribution in [0.15, 0.2) is 45.9 Å². The first-order chi connectivity index (χ1) is 15.5. The lowest BCUT2D eigenvalue weighted by molar-refractivity contribution is 0.0706. The fourth-order valence-electron chi connectivity index (χ4n) is 3.81. The van der Waals surface area contributed by atoms with Crippen molar-refractivity contribution in [3.63, 3.8) is 0 Å². The van der Waals surface area contributed by atoms with E-state index in [1.165, 1.54) is 6.21 Å². The smallest absolute Gasteiger partial charge is 0.298 e. The van der Waals surface area contributed by atoms with Crippen LogP contribution in [0.2, 0.25) is 5.02 Å². The largest absolute Gasteiger partial charge is 0.423 e. The lowest BCUT2D eigenvalue weighted by atomic mass is 10.1. The lowest BCUT2D eigenvalue weighted by Gasteiger charge is -2.27. The molecule has 2 N–H and O–H groups in total. The van der Waals surface area contributed by atoms with E-state index in [2.05, 4.69) is 27.3 Å². The van der Waals surface area contributed by atoms with E-state index in [0.29, 0.717) is 41.0 Å². The number of rotatable bonds is 5. The van der Waals surface area contributed by atoms with Crippen LogP contribution in [0.5, 0.6) is 0 Å². The van der Waals surface area contributed by atoms with E-state index in [0.717, 1.165) is 30.3 Å². The van der Waals surface area contributed by atoms with Crippen LogP contribution >= 0.6 is 11.6 Å². The zero-order chi connectivity index (χ0) is 22.7. The molecule has 174 valence electrons. The summed E-state index contributed by atoms with van der Waals surface area (Å²) in [6.07, 6.45) is 3.19. The first-order valence-electron chi connectivity index (χ1n) is 10.5. The second kappa shape index (κ2) is 10.5. The standard InChI is InChI=1S/C23H25ClN6O2.CH4/c1-15-3-5-19(28-26-9-8-25)18(13-15)22(31)30-12-11-29(10-7-16(30)2)23-27-20-14-17(24)4-6-21(20)32-23;/h3-6,8-9,13-14,16,25,28H,7,10-12H2,1-2H3;1H4/b25-8?,26-9-;/t16-;/m1./s1. The topological polar surface area (TPSA) is 97.8 Å². The Hall–Kier alpha value is -3.39. The van der Waals surface area contributed by atoms with Crippen LogP contribution in [0.3, 0.4) is 0 Å². The zero-order valence-electron chi connectivity index (χ0n) is 18.0. The van der Waals surface area contributed by atoms with Gasteiger partial charge < -0.3 is 19.6 Å². The van der Waals surface area contributed by atoms with Crippen molar-refractivity contribution < 1.29 is 9.21 Å². The Bertz CT molecular complexity index is 1170. The van der Waals surface area contributed by atoms with Gasteiger partial charge >= 0.3 is 0 Å². The SMILES string of the molecule is C.Cc1ccc(N/N=C\C=N)c(C(=O)N2CCN(c3nc4cc(Cl)ccc4o3)CC[C@H]2C)c1. The molecule has 0 saturated carbocycles. The summed E-state index contributed by atoms with van der Waals surface area (Å²) in [4.78, 5) is 22.1. The van der Waals surface area contributed by atoms with Crippen molar-refractivity contribution in [2.75, 3.05) is 30.0 Å². The predicted octanol–water partition coefficient (Wildman–Crippen LogP) is 5.21. The molecule has 1 saturated heterocycles. The van der Waals surface area contributed by atoms with Crippen molar-refractivity contribution in [2.45, 2.75) is 33.7 Å². The number of fused-ring (bicyclic) bond motifs is 1. The average molecular weight is 469 g/mol. The van der Waals surface area contributed by atoms with Crippen molar-refractivity contribution in [1.82, 2.24) is 9.88 Å². The van der Waals surface area contributed by atoms with E-state index in [-0.39, 0.29) is 19.4 Å². The number of halogens is 1. The third-order valence-electron chi connectivity index (χ3n) is 5.57. The number of carbonyl (C=O) groups is 1. The molecule has 1 aliphatic heterocycles. The molecule has 1 fully saturated rings. The van der Waals surface area contributed by atoms with E-state index >= 15 is 0 Å². The van der Waals surface area contributed by atoms with Gasteiger partial charge in [0, 0.05) is 36.9 Å². The Kier molecular flexibility index (Phi) is 7.71. The molecule has 0 spiro atoms. The normalized spacial score (nSPS) is 16.5. The quantitative estimate of drug-likeness (QED) is 0.395. The highest BCUT2D eigenvalue weighted by molar-refractivity contribution is 6.31. The van der Waals surface area contributed by atoms with Crippen LogP contribution in [0.4, 0.5) is 11.7 Å². The number of hydrogen-bond acceptors (Lipinski definition) is 7. The minimum atomic E-state index is -0.0556. The number of anilines is 2. The number of benzene rings is 2. The Morgan fingerprint density at radius 1 is 1.27 bits per heavy atom. The first-order valence-corrected chi connectivity index (χ1v) is 10.8. The van der Waals surface area contributed by atoms with E-state index in [1.807, 2.05) is 36.1 Å². The molecule has 4 rings (SSSR count). The summed E-state index contributed by atoms with van der Waals surface area (Å²) in [6.45, 7) is 5.89.